The lowest BCUT2D eigenvalue weighted by atomic mass is 9.98. The number of imidazole rings is 1. The van der Waals surface area contributed by atoms with E-state index in [-0.39, 0.29) is 6.09 Å². The number of carbonyl (C=O) groups excluding carboxylic acids is 1. The number of benzene rings is 2. The van der Waals surface area contributed by atoms with Crippen LogP contribution in [0, 0.1) is 11.8 Å². The Bertz CT molecular complexity index is 1500. The minimum Gasteiger partial charge on any atom is -0.444 e. The molecule has 0 bridgehead atoms. The van der Waals surface area contributed by atoms with Gasteiger partial charge in [0.05, 0.1) is 5.52 Å². The number of unbranched alkanes of at least 4 members (excludes halogenated alkanes) is 2. The molecule has 41 heavy (non-hydrogen) atoms. The summed E-state index contributed by atoms with van der Waals surface area (Å²) in [5, 5.41) is 7.37. The average molecular weight is 554 g/mol. The summed E-state index contributed by atoms with van der Waals surface area (Å²) in [7, 11) is 0. The number of hydrogen-bond acceptors (Lipinski definition) is 5. The van der Waals surface area contributed by atoms with Gasteiger partial charge in [-0.2, -0.15) is 0 Å². The largest absolute Gasteiger partial charge is 0.444 e. The fourth-order valence-corrected chi connectivity index (χ4v) is 4.89. The number of aromatic nitrogens is 3. The summed E-state index contributed by atoms with van der Waals surface area (Å²) in [6.07, 6.45) is 6.67. The molecule has 7 nitrogen and oxygen atoms in total. The zero-order chi connectivity index (χ0) is 29.2. The number of nitrogens with one attached hydrogen (secondary N) is 3. The molecular weight excluding hydrogens is 510 g/mol. The van der Waals surface area contributed by atoms with Crippen molar-refractivity contribution in [1.82, 2.24) is 20.3 Å². The minimum atomic E-state index is -0.479. The molecule has 2 aromatic carbocycles. The Morgan fingerprint density at radius 2 is 1.73 bits per heavy atom. The Morgan fingerprint density at radius 1 is 1.00 bits per heavy atom. The highest BCUT2D eigenvalue weighted by molar-refractivity contribution is 6.07. The molecule has 0 radical (unpaired) electrons. The number of alkyl carbamates (subject to hydrolysis) is 1. The number of anilines is 2. The molecule has 0 aliphatic carbocycles. The topological polar surface area (TPSA) is 91.9 Å². The number of amides is 1. The zero-order valence-electron chi connectivity index (χ0n) is 25.1. The van der Waals surface area contributed by atoms with E-state index in [0.717, 1.165) is 89.8 Å². The van der Waals surface area contributed by atoms with E-state index in [4.69, 9.17) is 14.7 Å². The van der Waals surface area contributed by atoms with Crippen molar-refractivity contribution in [2.45, 2.75) is 91.1 Å². The molecule has 4 rings (SSSR count). The molecule has 2 heterocycles. The molecule has 3 N–H and O–H groups in total. The first-order valence-corrected chi connectivity index (χ1v) is 14.9. The summed E-state index contributed by atoms with van der Waals surface area (Å²) in [5.41, 5.74) is 4.27. The van der Waals surface area contributed by atoms with E-state index in [0.29, 0.717) is 12.5 Å². The van der Waals surface area contributed by atoms with Gasteiger partial charge in [0.25, 0.3) is 0 Å². The van der Waals surface area contributed by atoms with Gasteiger partial charge >= 0.3 is 6.09 Å². The highest BCUT2D eigenvalue weighted by Gasteiger charge is 2.19. The molecule has 1 amide bonds. The highest BCUT2D eigenvalue weighted by Crippen LogP contribution is 2.33. The van der Waals surface area contributed by atoms with Crippen LogP contribution in [0.15, 0.2) is 48.5 Å². The fraction of sp³-hybridized carbons (Fsp3) is 0.441. The van der Waals surface area contributed by atoms with Crippen molar-refractivity contribution in [3.05, 3.63) is 59.9 Å². The lowest BCUT2D eigenvalue weighted by Gasteiger charge is -2.19. The number of H-pyrrole nitrogens is 1. The first kappa shape index (κ1) is 29.9. The SMILES string of the molecule is CCCC(CCC)c1nc2c([nH]1)c(Nc1ccc(C#CCCCCNC(=O)OC(C)(C)C)cc1)nc1ccccc12. The molecular formula is C34H43N5O2. The normalized spacial score (nSPS) is 11.5. The summed E-state index contributed by atoms with van der Waals surface area (Å²) in [5.74, 6) is 8.73. The first-order chi connectivity index (χ1) is 19.8. The van der Waals surface area contributed by atoms with E-state index in [9.17, 15) is 4.79 Å². The molecule has 0 saturated carbocycles. The van der Waals surface area contributed by atoms with Crippen molar-refractivity contribution in [1.29, 1.82) is 0 Å². The number of fused-ring (bicyclic) bond motifs is 3. The third-order valence-electron chi connectivity index (χ3n) is 6.79. The van der Waals surface area contributed by atoms with Crippen LogP contribution in [0.1, 0.15) is 96.9 Å². The zero-order valence-corrected chi connectivity index (χ0v) is 25.1. The van der Waals surface area contributed by atoms with E-state index in [1.165, 1.54) is 0 Å². The maximum Gasteiger partial charge on any atom is 0.407 e. The fourth-order valence-electron chi connectivity index (χ4n) is 4.89. The standard InChI is InChI=1S/C34H43N5O2/c1-6-14-25(15-7-2)31-38-29-27-17-11-12-18-28(27)37-32(30(29)39-31)36-26-21-19-24(20-22-26)16-10-8-9-13-23-35-33(40)41-34(3,4)5/h11-12,17-22,25H,6-9,13-15,23H2,1-5H3,(H,35,40)(H,36,37)(H,38,39). The Labute approximate surface area is 243 Å². The second-order valence-electron chi connectivity index (χ2n) is 11.5. The van der Waals surface area contributed by atoms with Crippen LogP contribution in [0.4, 0.5) is 16.3 Å². The Hall–Kier alpha value is -4.05. The van der Waals surface area contributed by atoms with E-state index in [1.54, 1.807) is 0 Å². The van der Waals surface area contributed by atoms with Crippen LogP contribution in [-0.2, 0) is 4.74 Å². The van der Waals surface area contributed by atoms with Gasteiger partial charge in [0.1, 0.15) is 22.5 Å². The van der Waals surface area contributed by atoms with Crippen molar-refractivity contribution >= 4 is 39.5 Å². The van der Waals surface area contributed by atoms with Crippen LogP contribution in [-0.4, -0.2) is 33.2 Å². The Kier molecular flexibility index (Phi) is 10.2. The van der Waals surface area contributed by atoms with Crippen molar-refractivity contribution in [3.8, 4) is 11.8 Å². The summed E-state index contributed by atoms with van der Waals surface area (Å²) in [4.78, 5) is 25.4. The van der Waals surface area contributed by atoms with Crippen molar-refractivity contribution < 1.29 is 9.53 Å². The van der Waals surface area contributed by atoms with Crippen molar-refractivity contribution in [3.63, 3.8) is 0 Å². The monoisotopic (exact) mass is 553 g/mol. The van der Waals surface area contributed by atoms with E-state index < -0.39 is 5.60 Å². The Morgan fingerprint density at radius 3 is 2.44 bits per heavy atom. The number of rotatable bonds is 11. The van der Waals surface area contributed by atoms with Crippen LogP contribution in [0.3, 0.4) is 0 Å². The molecule has 216 valence electrons. The van der Waals surface area contributed by atoms with Crippen molar-refractivity contribution in [2.75, 3.05) is 11.9 Å². The molecule has 0 atom stereocenters. The number of nitrogens with zero attached hydrogens (tertiary/aromatic N) is 2. The predicted molar refractivity (Wildman–Crippen MR) is 169 cm³/mol. The first-order valence-electron chi connectivity index (χ1n) is 14.9. The highest BCUT2D eigenvalue weighted by atomic mass is 16.6. The van der Waals surface area contributed by atoms with Crippen LogP contribution < -0.4 is 10.6 Å². The second-order valence-corrected chi connectivity index (χ2v) is 11.5. The third-order valence-corrected chi connectivity index (χ3v) is 6.79. The number of para-hydroxylation sites is 1. The molecule has 0 aliphatic heterocycles. The lowest BCUT2D eigenvalue weighted by molar-refractivity contribution is 0.0527. The molecule has 0 spiro atoms. The van der Waals surface area contributed by atoms with Gasteiger partial charge in [-0.1, -0.05) is 56.7 Å². The van der Waals surface area contributed by atoms with E-state index in [2.05, 4.69) is 47.4 Å². The van der Waals surface area contributed by atoms with Crippen LogP contribution in [0.25, 0.3) is 21.9 Å². The second kappa shape index (κ2) is 14.0. The van der Waals surface area contributed by atoms with Gasteiger partial charge in [0.2, 0.25) is 0 Å². The predicted octanol–water partition coefficient (Wildman–Crippen LogP) is 8.59. The number of hydrogen-bond donors (Lipinski definition) is 3. The molecule has 0 saturated heterocycles. The molecule has 0 fully saturated rings. The maximum absolute atomic E-state index is 11.7. The van der Waals surface area contributed by atoms with Crippen LogP contribution >= 0.6 is 0 Å². The lowest BCUT2D eigenvalue weighted by Crippen LogP contribution is -2.32. The maximum atomic E-state index is 11.7. The van der Waals surface area contributed by atoms with Crippen molar-refractivity contribution in [2.24, 2.45) is 0 Å². The number of ether oxygens (including phenoxy) is 1. The van der Waals surface area contributed by atoms with Gasteiger partial charge in [-0.3, -0.25) is 0 Å². The van der Waals surface area contributed by atoms with Crippen LogP contribution in [0.5, 0.6) is 0 Å². The quantitative estimate of drug-likeness (QED) is 0.128. The van der Waals surface area contributed by atoms with E-state index >= 15 is 0 Å². The molecule has 0 unspecified atom stereocenters. The van der Waals surface area contributed by atoms with Gasteiger partial charge in [-0.05, 0) is 76.8 Å². The Balaban J connectivity index is 1.40. The van der Waals surface area contributed by atoms with E-state index in [1.807, 2.05) is 63.2 Å². The van der Waals surface area contributed by atoms with Gasteiger partial charge in [0.15, 0.2) is 5.82 Å². The number of carbonyl (C=O) groups is 1. The number of aromatic amines is 1. The van der Waals surface area contributed by atoms with Gasteiger partial charge < -0.3 is 20.4 Å². The van der Waals surface area contributed by atoms with Gasteiger partial charge in [-0.25, -0.2) is 14.8 Å². The van der Waals surface area contributed by atoms with Crippen LogP contribution in [0.2, 0.25) is 0 Å². The number of pyridine rings is 1. The summed E-state index contributed by atoms with van der Waals surface area (Å²) in [6.45, 7) is 10.6. The average Bonchev–Trinajstić information content (AvgIpc) is 3.39. The van der Waals surface area contributed by atoms with Gasteiger partial charge in [-0.15, -0.1) is 0 Å². The molecule has 0 aliphatic rings. The third kappa shape index (κ3) is 8.47. The smallest absolute Gasteiger partial charge is 0.407 e. The molecule has 7 heteroatoms. The summed E-state index contributed by atoms with van der Waals surface area (Å²) in [6, 6.07) is 16.3. The molecule has 4 aromatic rings. The molecule has 2 aromatic heterocycles. The van der Waals surface area contributed by atoms with Gasteiger partial charge in [0, 0.05) is 35.5 Å². The summed E-state index contributed by atoms with van der Waals surface area (Å²) >= 11 is 0. The summed E-state index contributed by atoms with van der Waals surface area (Å²) < 4.78 is 5.25. The minimum absolute atomic E-state index is 0.373.